The van der Waals surface area contributed by atoms with E-state index in [1.54, 1.807) is 28.9 Å². The van der Waals surface area contributed by atoms with E-state index < -0.39 is 11.6 Å². The fraction of sp³-hybridized carbons (Fsp3) is 0.417. The summed E-state index contributed by atoms with van der Waals surface area (Å²) >= 11 is 8.02. The molecule has 52 heavy (non-hydrogen) atoms. The quantitative estimate of drug-likeness (QED) is 0.220. The number of amides is 1. The number of nitriles is 1. The number of thiophene rings is 1. The first-order chi connectivity index (χ1) is 25.1. The predicted octanol–water partition coefficient (Wildman–Crippen LogP) is 6.00. The summed E-state index contributed by atoms with van der Waals surface area (Å²) in [5, 5.41) is 14.6. The Labute approximate surface area is 307 Å². The molecule has 3 aliphatic rings. The number of carbonyl (C=O) groups is 1. The average molecular weight is 748 g/mol. The molecular weight excluding hydrogens is 712 g/mol. The van der Waals surface area contributed by atoms with E-state index in [9.17, 15) is 10.1 Å². The fourth-order valence-corrected chi connectivity index (χ4v) is 9.28. The van der Waals surface area contributed by atoms with Gasteiger partial charge in [0, 0.05) is 49.4 Å². The van der Waals surface area contributed by atoms with Gasteiger partial charge in [0.2, 0.25) is 0 Å². The van der Waals surface area contributed by atoms with Gasteiger partial charge >= 0.3 is 6.01 Å². The number of nitrogens with zero attached hydrogens (tertiary/aromatic N) is 8. The third-order valence-corrected chi connectivity index (χ3v) is 12.0. The molecule has 6 heterocycles. The number of anilines is 2. The van der Waals surface area contributed by atoms with Gasteiger partial charge in [0.05, 0.1) is 27.2 Å². The number of fused-ring (bicyclic) bond motifs is 1. The van der Waals surface area contributed by atoms with Gasteiger partial charge < -0.3 is 25.0 Å². The number of halogens is 3. The van der Waals surface area contributed by atoms with Crippen LogP contribution < -0.4 is 20.1 Å². The van der Waals surface area contributed by atoms with Crippen LogP contribution in [0.2, 0.25) is 5.02 Å². The minimum atomic E-state index is -0.799. The number of nitrogen functional groups attached to an aromatic ring is 1. The van der Waals surface area contributed by atoms with E-state index in [0.717, 1.165) is 43.6 Å². The van der Waals surface area contributed by atoms with Crippen LogP contribution in [0.3, 0.4) is 0 Å². The molecule has 0 saturated carbocycles. The van der Waals surface area contributed by atoms with Gasteiger partial charge in [-0.25, -0.2) is 8.78 Å². The summed E-state index contributed by atoms with van der Waals surface area (Å²) in [6.07, 6.45) is 4.73. The molecule has 16 heteroatoms. The van der Waals surface area contributed by atoms with Gasteiger partial charge in [0.15, 0.2) is 11.6 Å². The Balaban J connectivity index is 1.30. The number of benzene rings is 2. The van der Waals surface area contributed by atoms with Crippen molar-refractivity contribution in [2.75, 3.05) is 50.5 Å². The number of likely N-dealkylation sites (N-methyl/N-ethyl adjacent to an activating group) is 1. The molecule has 8 rings (SSSR count). The summed E-state index contributed by atoms with van der Waals surface area (Å²) in [6.45, 7) is 4.38. The standard InChI is InChI=1S/C36H36ClF2N9O3S/c1-18(23-7-5-12-45(23)2)51-36-43-30-27-31(28(37)26(29(30)39)20-8-9-22(38)32-25(20)21(16-40)33(41)52-32)50-15-14-48(34(27)44-36)19-6-4-13-47(17-19)35(49)24-10-11-42-46(24)3/h8-11,18-19,23H,4-7,12-15,17,41H2,1-3H3/t18-,19?,23-/m0/s1. The first kappa shape index (κ1) is 34.3. The Bertz CT molecular complexity index is 2290. The third kappa shape index (κ3) is 5.55. The van der Waals surface area contributed by atoms with E-state index in [1.807, 2.05) is 18.9 Å². The van der Waals surface area contributed by atoms with Crippen LogP contribution >= 0.6 is 22.9 Å². The summed E-state index contributed by atoms with van der Waals surface area (Å²) in [6, 6.07) is 6.25. The average Bonchev–Trinajstić information content (AvgIpc) is 3.82. The zero-order valence-corrected chi connectivity index (χ0v) is 30.4. The van der Waals surface area contributed by atoms with Gasteiger partial charge in [0.1, 0.15) is 46.6 Å². The highest BCUT2D eigenvalue weighted by Crippen LogP contribution is 2.51. The molecule has 5 aromatic rings. The van der Waals surface area contributed by atoms with E-state index in [1.165, 1.54) is 12.1 Å². The Morgan fingerprint density at radius 1 is 1.15 bits per heavy atom. The van der Waals surface area contributed by atoms with Gasteiger partial charge in [0.25, 0.3) is 5.91 Å². The fourth-order valence-electron chi connectivity index (χ4n) is 8.00. The van der Waals surface area contributed by atoms with Crippen LogP contribution in [-0.4, -0.2) is 93.5 Å². The maximum atomic E-state index is 17.4. The number of aromatic nitrogens is 4. The number of piperidine rings is 1. The lowest BCUT2D eigenvalue weighted by Crippen LogP contribution is -2.51. The van der Waals surface area contributed by atoms with E-state index in [-0.39, 0.29) is 90.2 Å². The number of hydrogen-bond acceptors (Lipinski definition) is 11. The van der Waals surface area contributed by atoms with E-state index in [2.05, 4.69) is 21.1 Å². The Morgan fingerprint density at radius 3 is 2.69 bits per heavy atom. The van der Waals surface area contributed by atoms with Crippen LogP contribution in [0.15, 0.2) is 24.4 Å². The number of hydrogen-bond donors (Lipinski definition) is 1. The highest BCUT2D eigenvalue weighted by atomic mass is 35.5. The molecule has 1 amide bonds. The van der Waals surface area contributed by atoms with Gasteiger partial charge in [-0.3, -0.25) is 14.4 Å². The van der Waals surface area contributed by atoms with Crippen molar-refractivity contribution < 1.29 is 23.0 Å². The van der Waals surface area contributed by atoms with Gasteiger partial charge in [-0.05, 0) is 63.9 Å². The van der Waals surface area contributed by atoms with Crippen molar-refractivity contribution >= 4 is 60.7 Å². The van der Waals surface area contributed by atoms with E-state index in [4.69, 9.17) is 31.8 Å². The van der Waals surface area contributed by atoms with Crippen molar-refractivity contribution in [3.8, 4) is 29.0 Å². The first-order valence-electron chi connectivity index (χ1n) is 17.2. The lowest BCUT2D eigenvalue weighted by atomic mass is 9.96. The molecule has 2 N–H and O–H groups in total. The number of rotatable bonds is 6. The van der Waals surface area contributed by atoms with Crippen molar-refractivity contribution in [1.82, 2.24) is 29.5 Å². The third-order valence-electron chi connectivity index (χ3n) is 10.6. The normalized spacial score (nSPS) is 19.9. The maximum Gasteiger partial charge on any atom is 0.319 e. The van der Waals surface area contributed by atoms with Gasteiger partial charge in [-0.2, -0.15) is 20.3 Å². The monoisotopic (exact) mass is 747 g/mol. The van der Waals surface area contributed by atoms with Crippen LogP contribution in [0.1, 0.15) is 48.7 Å². The Kier molecular flexibility index (Phi) is 8.79. The van der Waals surface area contributed by atoms with Crippen molar-refractivity contribution in [3.63, 3.8) is 0 Å². The molecule has 2 aromatic carbocycles. The summed E-state index contributed by atoms with van der Waals surface area (Å²) in [5.41, 5.74) is 6.65. The number of likely N-dealkylation sites (tertiary alicyclic amines) is 2. The topological polar surface area (TPSA) is 139 Å². The Morgan fingerprint density at radius 2 is 1.96 bits per heavy atom. The zero-order valence-electron chi connectivity index (χ0n) is 28.8. The molecule has 0 bridgehead atoms. The van der Waals surface area contributed by atoms with E-state index >= 15 is 8.78 Å². The van der Waals surface area contributed by atoms with Crippen molar-refractivity contribution in [2.24, 2.45) is 7.05 Å². The highest BCUT2D eigenvalue weighted by molar-refractivity contribution is 7.23. The first-order valence-corrected chi connectivity index (χ1v) is 18.4. The molecule has 0 spiro atoms. The molecule has 3 aromatic heterocycles. The molecule has 3 aliphatic heterocycles. The summed E-state index contributed by atoms with van der Waals surface area (Å²) in [7, 11) is 3.78. The van der Waals surface area contributed by atoms with Crippen molar-refractivity contribution in [3.05, 3.63) is 52.3 Å². The minimum Gasteiger partial charge on any atom is -0.489 e. The summed E-state index contributed by atoms with van der Waals surface area (Å²) in [4.78, 5) is 29.3. The molecule has 0 radical (unpaired) electrons. The second-order valence-electron chi connectivity index (χ2n) is 13.6. The predicted molar refractivity (Wildman–Crippen MR) is 195 cm³/mol. The molecule has 12 nitrogen and oxygen atoms in total. The minimum absolute atomic E-state index is 0.0132. The molecular formula is C36H36ClF2N9O3S. The lowest BCUT2D eigenvalue weighted by molar-refractivity contribution is 0.0693. The highest BCUT2D eigenvalue weighted by Gasteiger charge is 2.37. The zero-order chi connectivity index (χ0) is 36.4. The van der Waals surface area contributed by atoms with Crippen LogP contribution in [0, 0.1) is 23.0 Å². The number of nitrogens with two attached hydrogens (primary N) is 1. The SMILES string of the molecule is C[C@H](Oc1nc2c3c(c(Cl)c(-c4ccc(F)c5sc(N)c(C#N)c45)c(F)c3n1)OCCN2C1CCCN(C(=O)c2ccnn2C)C1)[C@@H]1CCCN1C. The summed E-state index contributed by atoms with van der Waals surface area (Å²) < 4.78 is 46.9. The van der Waals surface area contributed by atoms with Gasteiger partial charge in [-0.15, -0.1) is 11.3 Å². The van der Waals surface area contributed by atoms with Crippen LogP contribution in [0.25, 0.3) is 32.1 Å². The number of ether oxygens (including phenoxy) is 2. The van der Waals surface area contributed by atoms with Crippen LogP contribution in [0.5, 0.6) is 11.8 Å². The lowest BCUT2D eigenvalue weighted by Gasteiger charge is -2.39. The largest absolute Gasteiger partial charge is 0.489 e. The van der Waals surface area contributed by atoms with Crippen molar-refractivity contribution in [2.45, 2.75) is 50.8 Å². The molecule has 2 saturated heterocycles. The molecule has 0 aliphatic carbocycles. The Hall–Kier alpha value is -4.78. The van der Waals surface area contributed by atoms with Crippen molar-refractivity contribution in [1.29, 1.82) is 5.26 Å². The number of aryl methyl sites for hydroxylation is 1. The second kappa shape index (κ2) is 13.3. The molecule has 3 atom stereocenters. The molecule has 270 valence electrons. The van der Waals surface area contributed by atoms with Crippen LogP contribution in [0.4, 0.5) is 19.6 Å². The molecule has 2 fully saturated rings. The number of carbonyl (C=O) groups excluding carboxylic acids is 1. The molecule has 1 unspecified atom stereocenters. The maximum absolute atomic E-state index is 17.4. The summed E-state index contributed by atoms with van der Waals surface area (Å²) in [5.74, 6) is -0.968. The van der Waals surface area contributed by atoms with Gasteiger partial charge in [-0.1, -0.05) is 17.7 Å². The smallest absolute Gasteiger partial charge is 0.319 e. The van der Waals surface area contributed by atoms with Crippen LogP contribution in [-0.2, 0) is 7.05 Å². The second-order valence-corrected chi connectivity index (χ2v) is 15.0. The van der Waals surface area contributed by atoms with E-state index in [0.29, 0.717) is 31.1 Å².